The van der Waals surface area contributed by atoms with Crippen LogP contribution in [0.25, 0.3) is 0 Å². The highest BCUT2D eigenvalue weighted by Gasteiger charge is 2.13. The highest BCUT2D eigenvalue weighted by atomic mass is 79.9. The molecule has 0 fully saturated rings. The van der Waals surface area contributed by atoms with Crippen molar-refractivity contribution in [3.63, 3.8) is 0 Å². The molecule has 0 N–H and O–H groups in total. The lowest BCUT2D eigenvalue weighted by Crippen LogP contribution is -2.35. The van der Waals surface area contributed by atoms with Crippen molar-refractivity contribution in [2.75, 3.05) is 18.4 Å². The Hall–Kier alpha value is -0.310. The Morgan fingerprint density at radius 1 is 1.82 bits per heavy atom. The maximum Gasteiger partial charge on any atom is 0.233 e. The Morgan fingerprint density at radius 3 is 3.00 bits per heavy atom. The number of nitrogens with zero attached hydrogens (tertiary/aromatic N) is 1. The van der Waals surface area contributed by atoms with Gasteiger partial charge in [0.15, 0.2) is 0 Å². The average Bonchev–Trinajstić information content (AvgIpc) is 2.05. The van der Waals surface area contributed by atoms with Gasteiger partial charge in [-0.25, -0.2) is 0 Å². The molecule has 0 radical (unpaired) electrons. The molecule has 0 atom stereocenters. The van der Waals surface area contributed by atoms with Gasteiger partial charge in [-0.1, -0.05) is 27.6 Å². The molecule has 1 aliphatic rings. The monoisotopic (exact) mass is 217 g/mol. The summed E-state index contributed by atoms with van der Waals surface area (Å²) in [5.74, 6) is 0.189. The van der Waals surface area contributed by atoms with Gasteiger partial charge >= 0.3 is 0 Å². The van der Waals surface area contributed by atoms with Crippen LogP contribution in [-0.4, -0.2) is 29.2 Å². The molecule has 2 nitrogen and oxygen atoms in total. The van der Waals surface area contributed by atoms with Crippen LogP contribution in [0.2, 0.25) is 0 Å². The van der Waals surface area contributed by atoms with Gasteiger partial charge in [0.1, 0.15) is 0 Å². The summed E-state index contributed by atoms with van der Waals surface area (Å²) in [5, 5.41) is 0.444. The van der Waals surface area contributed by atoms with Gasteiger partial charge in [0, 0.05) is 13.1 Å². The van der Waals surface area contributed by atoms with E-state index in [2.05, 4.69) is 28.9 Å². The Balaban J connectivity index is 2.47. The standard InChI is InChI=1S/C8H12BrNO/c1-7-2-4-10(5-3-7)8(11)6-9/h2H,3-6H2,1H3. The first-order valence-corrected chi connectivity index (χ1v) is 4.85. The lowest BCUT2D eigenvalue weighted by atomic mass is 10.1. The Morgan fingerprint density at radius 2 is 2.55 bits per heavy atom. The van der Waals surface area contributed by atoms with E-state index in [0.717, 1.165) is 19.5 Å². The van der Waals surface area contributed by atoms with Crippen LogP contribution in [0, 0.1) is 0 Å². The van der Waals surface area contributed by atoms with E-state index in [0.29, 0.717) is 5.33 Å². The molecule has 0 bridgehead atoms. The van der Waals surface area contributed by atoms with Gasteiger partial charge in [-0.3, -0.25) is 4.79 Å². The van der Waals surface area contributed by atoms with Gasteiger partial charge in [-0.05, 0) is 13.3 Å². The minimum Gasteiger partial charge on any atom is -0.338 e. The van der Waals surface area contributed by atoms with Crippen LogP contribution in [0.1, 0.15) is 13.3 Å². The van der Waals surface area contributed by atoms with E-state index in [1.54, 1.807) is 0 Å². The van der Waals surface area contributed by atoms with Crippen molar-refractivity contribution in [2.24, 2.45) is 0 Å². The van der Waals surface area contributed by atoms with Crippen LogP contribution >= 0.6 is 15.9 Å². The third-order valence-electron chi connectivity index (χ3n) is 1.90. The van der Waals surface area contributed by atoms with Crippen molar-refractivity contribution in [1.82, 2.24) is 4.90 Å². The third-order valence-corrected chi connectivity index (χ3v) is 2.38. The smallest absolute Gasteiger partial charge is 0.233 e. The molecule has 0 aromatic rings. The lowest BCUT2D eigenvalue weighted by Gasteiger charge is -2.24. The largest absolute Gasteiger partial charge is 0.338 e. The number of hydrogen-bond acceptors (Lipinski definition) is 1. The van der Waals surface area contributed by atoms with Crippen molar-refractivity contribution in [3.05, 3.63) is 11.6 Å². The van der Waals surface area contributed by atoms with Crippen LogP contribution in [0.3, 0.4) is 0 Å². The number of hydrogen-bond donors (Lipinski definition) is 0. The van der Waals surface area contributed by atoms with Crippen LogP contribution in [0.4, 0.5) is 0 Å². The fraction of sp³-hybridized carbons (Fsp3) is 0.625. The minimum atomic E-state index is 0.189. The third kappa shape index (κ3) is 2.33. The average molecular weight is 218 g/mol. The first-order chi connectivity index (χ1) is 5.24. The SMILES string of the molecule is CC1=CCN(C(=O)CBr)CC1. The Bertz CT molecular complexity index is 189. The van der Waals surface area contributed by atoms with E-state index in [4.69, 9.17) is 0 Å². The summed E-state index contributed by atoms with van der Waals surface area (Å²) in [7, 11) is 0. The summed E-state index contributed by atoms with van der Waals surface area (Å²) in [6.45, 7) is 3.78. The van der Waals surface area contributed by atoms with Gasteiger partial charge in [0.25, 0.3) is 0 Å². The van der Waals surface area contributed by atoms with E-state index < -0.39 is 0 Å². The fourth-order valence-corrected chi connectivity index (χ4v) is 1.44. The molecule has 0 unspecified atom stereocenters. The highest BCUT2D eigenvalue weighted by Crippen LogP contribution is 2.09. The first-order valence-electron chi connectivity index (χ1n) is 3.73. The summed E-state index contributed by atoms with van der Waals surface area (Å²) in [6.07, 6.45) is 3.14. The Kier molecular flexibility index (Phi) is 3.12. The molecule has 0 spiro atoms. The van der Waals surface area contributed by atoms with Crippen LogP contribution in [0.5, 0.6) is 0 Å². The van der Waals surface area contributed by atoms with Gasteiger partial charge in [0.2, 0.25) is 5.91 Å². The summed E-state index contributed by atoms with van der Waals surface area (Å²) < 4.78 is 0. The fourth-order valence-electron chi connectivity index (χ4n) is 1.08. The minimum absolute atomic E-state index is 0.189. The number of carbonyl (C=O) groups is 1. The van der Waals surface area contributed by atoms with Gasteiger partial charge < -0.3 is 4.90 Å². The van der Waals surface area contributed by atoms with E-state index in [-0.39, 0.29) is 5.91 Å². The van der Waals surface area contributed by atoms with Crippen molar-refractivity contribution < 1.29 is 4.79 Å². The molecular formula is C8H12BrNO. The van der Waals surface area contributed by atoms with E-state index in [9.17, 15) is 4.79 Å². The first kappa shape index (κ1) is 8.78. The highest BCUT2D eigenvalue weighted by molar-refractivity contribution is 9.09. The lowest BCUT2D eigenvalue weighted by molar-refractivity contribution is -0.127. The maximum absolute atomic E-state index is 11.1. The molecule has 0 aliphatic carbocycles. The van der Waals surface area contributed by atoms with Crippen LogP contribution in [-0.2, 0) is 4.79 Å². The molecule has 1 heterocycles. The predicted molar refractivity (Wildman–Crippen MR) is 48.7 cm³/mol. The molecule has 1 amide bonds. The summed E-state index contributed by atoms with van der Waals surface area (Å²) in [6, 6.07) is 0. The molecule has 0 saturated heterocycles. The molecule has 0 saturated carbocycles. The zero-order valence-electron chi connectivity index (χ0n) is 6.64. The second kappa shape index (κ2) is 3.90. The van der Waals surface area contributed by atoms with Crippen molar-refractivity contribution >= 4 is 21.8 Å². The predicted octanol–water partition coefficient (Wildman–Crippen LogP) is 1.56. The molecule has 0 aromatic heterocycles. The molecule has 62 valence electrons. The summed E-state index contributed by atoms with van der Waals surface area (Å²) in [5.41, 5.74) is 1.39. The number of rotatable bonds is 1. The van der Waals surface area contributed by atoms with Crippen LogP contribution < -0.4 is 0 Å². The maximum atomic E-state index is 11.1. The molecular weight excluding hydrogens is 206 g/mol. The van der Waals surface area contributed by atoms with E-state index >= 15 is 0 Å². The topological polar surface area (TPSA) is 20.3 Å². The number of carbonyl (C=O) groups excluding carboxylic acids is 1. The Labute approximate surface area is 75.4 Å². The van der Waals surface area contributed by atoms with Gasteiger partial charge in [-0.2, -0.15) is 0 Å². The van der Waals surface area contributed by atoms with Crippen molar-refractivity contribution in [2.45, 2.75) is 13.3 Å². The van der Waals surface area contributed by atoms with Crippen LogP contribution in [0.15, 0.2) is 11.6 Å². The summed E-state index contributed by atoms with van der Waals surface area (Å²) in [4.78, 5) is 13.0. The quantitative estimate of drug-likeness (QED) is 0.483. The van der Waals surface area contributed by atoms with Crippen molar-refractivity contribution in [3.8, 4) is 0 Å². The molecule has 0 aromatic carbocycles. The zero-order valence-corrected chi connectivity index (χ0v) is 8.23. The number of alkyl halides is 1. The second-order valence-electron chi connectivity index (χ2n) is 2.77. The molecule has 1 aliphatic heterocycles. The van der Waals surface area contributed by atoms with Gasteiger partial charge in [0.05, 0.1) is 5.33 Å². The molecule has 1 rings (SSSR count). The van der Waals surface area contributed by atoms with E-state index in [1.807, 2.05) is 4.90 Å². The second-order valence-corrected chi connectivity index (χ2v) is 3.33. The zero-order chi connectivity index (χ0) is 8.27. The van der Waals surface area contributed by atoms with E-state index in [1.165, 1.54) is 5.57 Å². The normalized spacial score (nSPS) is 18.0. The van der Waals surface area contributed by atoms with Crippen molar-refractivity contribution in [1.29, 1.82) is 0 Å². The summed E-state index contributed by atoms with van der Waals surface area (Å²) >= 11 is 3.15. The van der Waals surface area contributed by atoms with Gasteiger partial charge in [-0.15, -0.1) is 0 Å². The number of amides is 1. The molecule has 11 heavy (non-hydrogen) atoms. The number of halogens is 1. The molecule has 3 heteroatoms.